The highest BCUT2D eigenvalue weighted by Crippen LogP contribution is 2.25. The molecule has 0 bridgehead atoms. The van der Waals surface area contributed by atoms with Crippen molar-refractivity contribution in [1.82, 2.24) is 5.32 Å². The molecule has 0 aliphatic carbocycles. The van der Waals surface area contributed by atoms with Crippen LogP contribution in [0.2, 0.25) is 0 Å². The van der Waals surface area contributed by atoms with E-state index in [1.54, 1.807) is 13.0 Å². The fraction of sp³-hybridized carbons (Fsp3) is 0.412. The van der Waals surface area contributed by atoms with Crippen LogP contribution in [0.25, 0.3) is 11.0 Å². The van der Waals surface area contributed by atoms with Crippen molar-refractivity contribution in [2.24, 2.45) is 0 Å². The molecule has 0 aliphatic heterocycles. The summed E-state index contributed by atoms with van der Waals surface area (Å²) < 4.78 is 10.5. The standard InChI is InChI=1S/C17H21NO4/c1-4-7-11(2)18-15(19)10-21-17(20)16-12(3)13-8-5-6-9-14(13)22-16/h5-6,8-9,11H,4,7,10H2,1-3H3,(H,18,19). The van der Waals surface area contributed by atoms with E-state index in [-0.39, 0.29) is 24.3 Å². The predicted molar refractivity (Wildman–Crippen MR) is 83.7 cm³/mol. The summed E-state index contributed by atoms with van der Waals surface area (Å²) in [6.07, 6.45) is 1.88. The summed E-state index contributed by atoms with van der Waals surface area (Å²) in [5.41, 5.74) is 1.35. The second-order valence-electron chi connectivity index (χ2n) is 5.39. The first kappa shape index (κ1) is 16.1. The molecule has 1 aromatic carbocycles. The molecule has 1 N–H and O–H groups in total. The number of amides is 1. The van der Waals surface area contributed by atoms with Gasteiger partial charge in [0, 0.05) is 17.0 Å². The van der Waals surface area contributed by atoms with Gasteiger partial charge in [-0.15, -0.1) is 0 Å². The summed E-state index contributed by atoms with van der Waals surface area (Å²) in [7, 11) is 0. The Bertz CT molecular complexity index is 674. The Balaban J connectivity index is 1.97. The van der Waals surface area contributed by atoms with Crippen molar-refractivity contribution in [3.05, 3.63) is 35.6 Å². The molecular formula is C17H21NO4. The molecule has 1 aromatic heterocycles. The number of ether oxygens (including phenoxy) is 1. The van der Waals surface area contributed by atoms with E-state index >= 15 is 0 Å². The Morgan fingerprint density at radius 3 is 2.73 bits per heavy atom. The number of hydrogen-bond acceptors (Lipinski definition) is 4. The van der Waals surface area contributed by atoms with Gasteiger partial charge in [0.25, 0.3) is 5.91 Å². The number of hydrogen-bond donors (Lipinski definition) is 1. The van der Waals surface area contributed by atoms with Crippen LogP contribution in [0.1, 0.15) is 42.8 Å². The molecule has 0 saturated heterocycles. The molecule has 1 atom stereocenters. The third kappa shape index (κ3) is 3.67. The maximum Gasteiger partial charge on any atom is 0.375 e. The SMILES string of the molecule is CCCC(C)NC(=O)COC(=O)c1oc2ccccc2c1C. The minimum Gasteiger partial charge on any atom is -0.450 e. The summed E-state index contributed by atoms with van der Waals surface area (Å²) in [5, 5.41) is 3.65. The second-order valence-corrected chi connectivity index (χ2v) is 5.39. The van der Waals surface area contributed by atoms with Gasteiger partial charge in [-0.2, -0.15) is 0 Å². The van der Waals surface area contributed by atoms with E-state index in [2.05, 4.69) is 5.32 Å². The number of nitrogens with one attached hydrogen (secondary N) is 1. The first-order valence-electron chi connectivity index (χ1n) is 7.47. The highest BCUT2D eigenvalue weighted by molar-refractivity contribution is 5.96. The Morgan fingerprint density at radius 1 is 1.32 bits per heavy atom. The highest BCUT2D eigenvalue weighted by Gasteiger charge is 2.20. The van der Waals surface area contributed by atoms with E-state index in [1.807, 2.05) is 32.0 Å². The van der Waals surface area contributed by atoms with Gasteiger partial charge >= 0.3 is 5.97 Å². The summed E-state index contributed by atoms with van der Waals surface area (Å²) in [4.78, 5) is 23.8. The number of carbonyl (C=O) groups excluding carboxylic acids is 2. The van der Waals surface area contributed by atoms with Crippen molar-refractivity contribution in [3.8, 4) is 0 Å². The van der Waals surface area contributed by atoms with Crippen LogP contribution in [0, 0.1) is 6.92 Å². The molecule has 118 valence electrons. The lowest BCUT2D eigenvalue weighted by Crippen LogP contribution is -2.35. The fourth-order valence-electron chi connectivity index (χ4n) is 2.39. The van der Waals surface area contributed by atoms with Crippen molar-refractivity contribution < 1.29 is 18.7 Å². The number of aryl methyl sites for hydroxylation is 1. The van der Waals surface area contributed by atoms with Crippen molar-refractivity contribution in [2.45, 2.75) is 39.7 Å². The molecule has 22 heavy (non-hydrogen) atoms. The first-order chi connectivity index (χ1) is 10.5. The molecule has 0 aliphatic rings. The number of fused-ring (bicyclic) bond motifs is 1. The predicted octanol–water partition coefficient (Wildman–Crippen LogP) is 3.20. The summed E-state index contributed by atoms with van der Waals surface area (Å²) >= 11 is 0. The van der Waals surface area contributed by atoms with Gasteiger partial charge in [0.2, 0.25) is 5.76 Å². The van der Waals surface area contributed by atoms with Crippen LogP contribution in [0.4, 0.5) is 0 Å². The number of esters is 1. The third-order valence-corrected chi connectivity index (χ3v) is 3.49. The van der Waals surface area contributed by atoms with Crippen LogP contribution in [0.5, 0.6) is 0 Å². The minimum atomic E-state index is -0.619. The maximum absolute atomic E-state index is 12.1. The Morgan fingerprint density at radius 2 is 2.05 bits per heavy atom. The van der Waals surface area contributed by atoms with Crippen LogP contribution >= 0.6 is 0 Å². The zero-order valence-electron chi connectivity index (χ0n) is 13.1. The van der Waals surface area contributed by atoms with Crippen molar-refractivity contribution in [2.75, 3.05) is 6.61 Å². The van der Waals surface area contributed by atoms with Crippen molar-refractivity contribution >= 4 is 22.8 Å². The van der Waals surface area contributed by atoms with Gasteiger partial charge in [-0.05, 0) is 26.3 Å². The molecule has 5 nitrogen and oxygen atoms in total. The molecule has 2 rings (SSSR count). The first-order valence-corrected chi connectivity index (χ1v) is 7.47. The lowest BCUT2D eigenvalue weighted by atomic mass is 10.1. The Hall–Kier alpha value is -2.30. The van der Waals surface area contributed by atoms with Gasteiger partial charge in [0.1, 0.15) is 5.58 Å². The van der Waals surface area contributed by atoms with Gasteiger partial charge in [-0.3, -0.25) is 4.79 Å². The Kier molecular flexibility index (Phi) is 5.20. The molecule has 0 fully saturated rings. The number of furan rings is 1. The lowest BCUT2D eigenvalue weighted by Gasteiger charge is -2.12. The van der Waals surface area contributed by atoms with Gasteiger partial charge in [0.05, 0.1) is 0 Å². The molecule has 0 saturated carbocycles. The van der Waals surface area contributed by atoms with Crippen molar-refractivity contribution in [1.29, 1.82) is 0 Å². The molecular weight excluding hydrogens is 282 g/mol. The number of benzene rings is 1. The molecule has 5 heteroatoms. The minimum absolute atomic E-state index is 0.0733. The quantitative estimate of drug-likeness (QED) is 0.832. The average molecular weight is 303 g/mol. The van der Waals surface area contributed by atoms with Gasteiger partial charge in [-0.25, -0.2) is 4.79 Å². The van der Waals surface area contributed by atoms with E-state index in [4.69, 9.17) is 9.15 Å². The molecule has 1 amide bonds. The van der Waals surface area contributed by atoms with Crippen LogP contribution in [-0.4, -0.2) is 24.5 Å². The zero-order chi connectivity index (χ0) is 16.1. The molecule has 1 heterocycles. The third-order valence-electron chi connectivity index (χ3n) is 3.49. The van der Waals surface area contributed by atoms with E-state index in [9.17, 15) is 9.59 Å². The second kappa shape index (κ2) is 7.11. The molecule has 0 spiro atoms. The Labute approximate surface area is 129 Å². The normalized spacial score (nSPS) is 12.1. The topological polar surface area (TPSA) is 68.5 Å². The number of rotatable bonds is 6. The largest absolute Gasteiger partial charge is 0.450 e. The summed E-state index contributed by atoms with van der Waals surface area (Å²) in [5.74, 6) is -0.773. The van der Waals surface area contributed by atoms with Gasteiger partial charge < -0.3 is 14.5 Å². The summed E-state index contributed by atoms with van der Waals surface area (Å²) in [6, 6.07) is 7.46. The van der Waals surface area contributed by atoms with E-state index < -0.39 is 5.97 Å². The maximum atomic E-state index is 12.1. The highest BCUT2D eigenvalue weighted by atomic mass is 16.5. The lowest BCUT2D eigenvalue weighted by molar-refractivity contribution is -0.124. The average Bonchev–Trinajstić information content (AvgIpc) is 2.83. The van der Waals surface area contributed by atoms with E-state index in [1.165, 1.54) is 0 Å². The molecule has 1 unspecified atom stereocenters. The van der Waals surface area contributed by atoms with E-state index in [0.717, 1.165) is 23.8 Å². The van der Waals surface area contributed by atoms with Crippen LogP contribution in [0.3, 0.4) is 0 Å². The summed E-state index contributed by atoms with van der Waals surface area (Å²) in [6.45, 7) is 5.47. The smallest absolute Gasteiger partial charge is 0.375 e. The zero-order valence-corrected chi connectivity index (χ0v) is 13.1. The molecule has 0 radical (unpaired) electrons. The van der Waals surface area contributed by atoms with Crippen LogP contribution in [-0.2, 0) is 9.53 Å². The van der Waals surface area contributed by atoms with Gasteiger partial charge in [0.15, 0.2) is 6.61 Å². The van der Waals surface area contributed by atoms with Crippen molar-refractivity contribution in [3.63, 3.8) is 0 Å². The van der Waals surface area contributed by atoms with Crippen LogP contribution < -0.4 is 5.32 Å². The van der Waals surface area contributed by atoms with Gasteiger partial charge in [-0.1, -0.05) is 31.5 Å². The monoisotopic (exact) mass is 303 g/mol. The fourth-order valence-corrected chi connectivity index (χ4v) is 2.39. The van der Waals surface area contributed by atoms with Crippen LogP contribution in [0.15, 0.2) is 28.7 Å². The number of carbonyl (C=O) groups is 2. The molecule has 2 aromatic rings. The number of para-hydroxylation sites is 1. The van der Waals surface area contributed by atoms with E-state index in [0.29, 0.717) is 5.58 Å².